The summed E-state index contributed by atoms with van der Waals surface area (Å²) >= 11 is 0. The van der Waals surface area contributed by atoms with Gasteiger partial charge in [0.05, 0.1) is 27.8 Å². The first-order valence-electron chi connectivity index (χ1n) is 18.2. The molecule has 0 amide bonds. The second-order valence-corrected chi connectivity index (χ2v) is 16.0. The van der Waals surface area contributed by atoms with Crippen molar-refractivity contribution in [3.8, 4) is 11.4 Å². The van der Waals surface area contributed by atoms with Gasteiger partial charge in [-0.3, -0.25) is 0 Å². The molecule has 3 aromatic heterocycles. The topological polar surface area (TPSA) is 23.0 Å². The third kappa shape index (κ3) is 3.79. The first-order valence-corrected chi connectivity index (χ1v) is 18.2. The lowest BCUT2D eigenvalue weighted by atomic mass is 9.63. The Morgan fingerprint density at radius 3 is 1.78 bits per heavy atom. The van der Waals surface area contributed by atoms with Crippen molar-refractivity contribution in [1.82, 2.24) is 9.13 Å². The van der Waals surface area contributed by atoms with Crippen molar-refractivity contribution in [2.24, 2.45) is 0 Å². The summed E-state index contributed by atoms with van der Waals surface area (Å²) in [5, 5.41) is 9.97. The molecular formula is C48H38N2O. The number of hydrogen-bond donors (Lipinski definition) is 0. The molecule has 0 saturated heterocycles. The highest BCUT2D eigenvalue weighted by Crippen LogP contribution is 2.52. The normalized spacial score (nSPS) is 15.6. The molecule has 0 N–H and O–H groups in total. The fourth-order valence-corrected chi connectivity index (χ4v) is 9.50. The number of aromatic nitrogens is 2. The quantitative estimate of drug-likeness (QED) is 0.181. The largest absolute Gasteiger partial charge is 0.454 e. The van der Waals surface area contributed by atoms with Crippen LogP contribution in [0.25, 0.3) is 87.7 Å². The molecule has 51 heavy (non-hydrogen) atoms. The van der Waals surface area contributed by atoms with Crippen LogP contribution in [0.3, 0.4) is 0 Å². The highest BCUT2D eigenvalue weighted by atomic mass is 16.3. The molecule has 11 rings (SSSR count). The molecule has 10 aromatic rings. The van der Waals surface area contributed by atoms with E-state index in [1.54, 1.807) is 0 Å². The smallest absolute Gasteiger partial charge is 0.159 e. The summed E-state index contributed by atoms with van der Waals surface area (Å²) in [5.74, 6) is 0. The number of nitrogens with zero attached hydrogens (tertiary/aromatic N) is 2. The van der Waals surface area contributed by atoms with Crippen molar-refractivity contribution in [2.45, 2.75) is 51.4 Å². The van der Waals surface area contributed by atoms with Crippen LogP contribution >= 0.6 is 0 Å². The Morgan fingerprint density at radius 1 is 0.471 bits per heavy atom. The van der Waals surface area contributed by atoms with E-state index in [-0.39, 0.29) is 10.8 Å². The first kappa shape index (κ1) is 29.0. The molecule has 0 bridgehead atoms. The SMILES string of the molecule is CC1(C)CCC(C)(C)c2cc3c(cc21)c1c2ccccc2c2c4ccccc4n(-c4cccc5c4oc4ccccc45)c2c1n3-c1ccccc1. The average Bonchev–Trinajstić information content (AvgIpc) is 3.82. The molecule has 3 nitrogen and oxygen atoms in total. The predicted molar refractivity (Wildman–Crippen MR) is 215 cm³/mol. The Morgan fingerprint density at radius 2 is 1.04 bits per heavy atom. The Balaban J connectivity index is 1.45. The standard InChI is InChI=1S/C48H38N2O/c1-47(2)25-26-48(3,4)37-28-40-35(27-36(37)47)43-32-19-9-8-18-31(32)42-34-20-10-12-22-38(34)50(45(42)44(43)49(40)29-15-6-5-7-16-29)39-23-14-21-33-30-17-11-13-24-41(30)51-46(33)39/h5-24,27-28H,25-26H2,1-4H3. The van der Waals surface area contributed by atoms with E-state index < -0.39 is 0 Å². The summed E-state index contributed by atoms with van der Waals surface area (Å²) in [6, 6.07) is 49.1. The van der Waals surface area contributed by atoms with Gasteiger partial charge in [-0.1, -0.05) is 119 Å². The molecule has 0 aliphatic heterocycles. The van der Waals surface area contributed by atoms with Crippen molar-refractivity contribution in [3.05, 3.63) is 145 Å². The number of para-hydroxylation sites is 4. The fourth-order valence-electron chi connectivity index (χ4n) is 9.50. The predicted octanol–water partition coefficient (Wildman–Crippen LogP) is 13.3. The highest BCUT2D eigenvalue weighted by Gasteiger charge is 2.38. The van der Waals surface area contributed by atoms with Gasteiger partial charge in [-0.25, -0.2) is 0 Å². The minimum atomic E-state index is 0.0836. The van der Waals surface area contributed by atoms with Crippen LogP contribution in [0.4, 0.5) is 0 Å². The summed E-state index contributed by atoms with van der Waals surface area (Å²) in [4.78, 5) is 0. The van der Waals surface area contributed by atoms with Gasteiger partial charge in [0.2, 0.25) is 0 Å². The van der Waals surface area contributed by atoms with E-state index in [1.807, 2.05) is 0 Å². The Labute approximate surface area is 296 Å². The van der Waals surface area contributed by atoms with Crippen molar-refractivity contribution in [1.29, 1.82) is 0 Å². The van der Waals surface area contributed by atoms with Gasteiger partial charge >= 0.3 is 0 Å². The Hall–Kier alpha value is -5.80. The molecule has 0 atom stereocenters. The van der Waals surface area contributed by atoms with Gasteiger partial charge in [-0.15, -0.1) is 0 Å². The fraction of sp³-hybridized carbons (Fsp3) is 0.167. The second kappa shape index (κ2) is 9.92. The number of hydrogen-bond acceptors (Lipinski definition) is 1. The van der Waals surface area contributed by atoms with E-state index in [2.05, 4.69) is 170 Å². The third-order valence-electron chi connectivity index (χ3n) is 12.1. The molecule has 3 heterocycles. The third-order valence-corrected chi connectivity index (χ3v) is 12.1. The second-order valence-electron chi connectivity index (χ2n) is 16.0. The van der Waals surface area contributed by atoms with E-state index >= 15 is 0 Å². The Kier molecular flexibility index (Phi) is 5.64. The van der Waals surface area contributed by atoms with Crippen LogP contribution < -0.4 is 0 Å². The zero-order valence-electron chi connectivity index (χ0n) is 29.4. The van der Waals surface area contributed by atoms with Crippen LogP contribution in [-0.4, -0.2) is 9.13 Å². The van der Waals surface area contributed by atoms with E-state index in [0.717, 1.165) is 27.6 Å². The summed E-state index contributed by atoms with van der Waals surface area (Å²) in [6.45, 7) is 9.74. The van der Waals surface area contributed by atoms with Gasteiger partial charge < -0.3 is 13.6 Å². The molecule has 1 aliphatic carbocycles. The zero-order chi connectivity index (χ0) is 34.2. The van der Waals surface area contributed by atoms with Crippen molar-refractivity contribution < 1.29 is 4.42 Å². The van der Waals surface area contributed by atoms with Crippen LogP contribution in [0, 0.1) is 0 Å². The minimum Gasteiger partial charge on any atom is -0.454 e. The van der Waals surface area contributed by atoms with Crippen LogP contribution in [0.15, 0.2) is 138 Å². The van der Waals surface area contributed by atoms with Crippen molar-refractivity contribution in [2.75, 3.05) is 0 Å². The van der Waals surface area contributed by atoms with Crippen LogP contribution in [0.5, 0.6) is 0 Å². The number of benzene rings is 7. The van der Waals surface area contributed by atoms with E-state index in [0.29, 0.717) is 0 Å². The van der Waals surface area contributed by atoms with Gasteiger partial charge in [0.1, 0.15) is 5.58 Å². The van der Waals surface area contributed by atoms with E-state index in [4.69, 9.17) is 4.42 Å². The minimum absolute atomic E-state index is 0.0836. The van der Waals surface area contributed by atoms with Gasteiger partial charge in [-0.2, -0.15) is 0 Å². The highest BCUT2D eigenvalue weighted by molar-refractivity contribution is 6.36. The molecule has 0 saturated carbocycles. The van der Waals surface area contributed by atoms with Crippen LogP contribution in [0.2, 0.25) is 0 Å². The molecule has 0 unspecified atom stereocenters. The lowest BCUT2D eigenvalue weighted by Crippen LogP contribution is -2.33. The maximum absolute atomic E-state index is 6.76. The van der Waals surface area contributed by atoms with Crippen LogP contribution in [-0.2, 0) is 10.8 Å². The number of rotatable bonds is 2. The van der Waals surface area contributed by atoms with Gasteiger partial charge in [0, 0.05) is 38.0 Å². The van der Waals surface area contributed by atoms with E-state index in [9.17, 15) is 0 Å². The summed E-state index contributed by atoms with van der Waals surface area (Å²) < 4.78 is 11.8. The molecule has 3 heteroatoms. The molecule has 0 radical (unpaired) electrons. The molecular weight excluding hydrogens is 621 g/mol. The van der Waals surface area contributed by atoms with Gasteiger partial charge in [0.25, 0.3) is 0 Å². The molecule has 246 valence electrons. The van der Waals surface area contributed by atoms with Gasteiger partial charge in [0.15, 0.2) is 5.58 Å². The zero-order valence-corrected chi connectivity index (χ0v) is 29.4. The first-order chi connectivity index (χ1) is 24.8. The summed E-state index contributed by atoms with van der Waals surface area (Å²) in [7, 11) is 0. The lowest BCUT2D eigenvalue weighted by molar-refractivity contribution is 0.332. The molecule has 1 aliphatic rings. The van der Waals surface area contributed by atoms with Crippen molar-refractivity contribution >= 4 is 76.3 Å². The van der Waals surface area contributed by atoms with E-state index in [1.165, 1.54) is 84.0 Å². The number of fused-ring (bicyclic) bond motifs is 14. The lowest BCUT2D eigenvalue weighted by Gasteiger charge is -2.42. The number of furan rings is 1. The average molecular weight is 659 g/mol. The summed E-state index contributed by atoms with van der Waals surface area (Å²) in [6.07, 6.45) is 2.35. The molecule has 0 spiro atoms. The summed E-state index contributed by atoms with van der Waals surface area (Å²) in [5.41, 5.74) is 12.0. The maximum Gasteiger partial charge on any atom is 0.159 e. The molecule has 0 fully saturated rings. The monoisotopic (exact) mass is 658 g/mol. The van der Waals surface area contributed by atoms with Crippen LogP contribution in [0.1, 0.15) is 51.7 Å². The molecule has 7 aromatic carbocycles. The van der Waals surface area contributed by atoms with Gasteiger partial charge in [-0.05, 0) is 88.0 Å². The van der Waals surface area contributed by atoms with Crippen molar-refractivity contribution in [3.63, 3.8) is 0 Å². The Bertz CT molecular complexity index is 3080. The maximum atomic E-state index is 6.76.